The third-order valence-electron chi connectivity index (χ3n) is 5.04. The summed E-state index contributed by atoms with van der Waals surface area (Å²) in [6, 6.07) is 13.6. The average Bonchev–Trinajstić information content (AvgIpc) is 3.20. The van der Waals surface area contributed by atoms with E-state index < -0.39 is 0 Å². The van der Waals surface area contributed by atoms with E-state index in [1.54, 1.807) is 11.3 Å². The number of hydrogen-bond donors (Lipinski definition) is 1. The van der Waals surface area contributed by atoms with Gasteiger partial charge in [0, 0.05) is 28.3 Å². The molecule has 1 aromatic carbocycles. The summed E-state index contributed by atoms with van der Waals surface area (Å²) in [6.45, 7) is 2.11. The fourth-order valence-corrected chi connectivity index (χ4v) is 4.64. The monoisotopic (exact) mass is 379 g/mol. The number of carbonyl (C=O) groups excluding carboxylic acids is 2. The van der Waals surface area contributed by atoms with Crippen molar-refractivity contribution in [3.8, 4) is 0 Å². The van der Waals surface area contributed by atoms with E-state index in [2.05, 4.69) is 5.32 Å². The standard InChI is InChI=1S/C22H21NO3S/c1-14-19(22(25)26-13-15-7-3-2-4-8-15)21(18-11-6-12-27-18)20-16(23-14)9-5-10-17(20)24/h2-4,6-8,11-12,21,23H,5,9-10,13H2,1H3/t21-/m0/s1. The second kappa shape index (κ2) is 7.53. The van der Waals surface area contributed by atoms with Gasteiger partial charge in [-0.3, -0.25) is 4.79 Å². The third-order valence-corrected chi connectivity index (χ3v) is 5.97. The molecular weight excluding hydrogens is 358 g/mol. The Labute approximate surface area is 162 Å². The van der Waals surface area contributed by atoms with Crippen LogP contribution in [0.3, 0.4) is 0 Å². The second-order valence-electron chi connectivity index (χ2n) is 6.84. The van der Waals surface area contributed by atoms with Crippen molar-refractivity contribution >= 4 is 23.1 Å². The van der Waals surface area contributed by atoms with Gasteiger partial charge in [0.25, 0.3) is 0 Å². The summed E-state index contributed by atoms with van der Waals surface area (Å²) in [5.74, 6) is -0.576. The quantitative estimate of drug-likeness (QED) is 0.797. The molecule has 1 atom stereocenters. The molecular formula is C22H21NO3S. The van der Waals surface area contributed by atoms with Crippen molar-refractivity contribution in [3.05, 3.63) is 80.8 Å². The number of allylic oxidation sites excluding steroid dienone is 3. The normalized spacial score (nSPS) is 19.6. The first-order valence-electron chi connectivity index (χ1n) is 9.13. The van der Waals surface area contributed by atoms with Crippen LogP contribution in [0.25, 0.3) is 0 Å². The lowest BCUT2D eigenvalue weighted by Crippen LogP contribution is -2.34. The Morgan fingerprint density at radius 3 is 2.74 bits per heavy atom. The van der Waals surface area contributed by atoms with E-state index in [1.165, 1.54) is 0 Å². The molecule has 0 saturated carbocycles. The maximum atomic E-state index is 13.0. The molecule has 2 heterocycles. The molecule has 4 rings (SSSR count). The Bertz CT molecular complexity index is 926. The van der Waals surface area contributed by atoms with Crippen LogP contribution in [0.15, 0.2) is 70.4 Å². The maximum Gasteiger partial charge on any atom is 0.337 e. The highest BCUT2D eigenvalue weighted by molar-refractivity contribution is 7.10. The van der Waals surface area contributed by atoms with Crippen LogP contribution in [0.5, 0.6) is 0 Å². The predicted octanol–water partition coefficient (Wildman–Crippen LogP) is 4.46. The summed E-state index contributed by atoms with van der Waals surface area (Å²) in [5, 5.41) is 5.29. The molecule has 2 aromatic rings. The Morgan fingerprint density at radius 1 is 1.19 bits per heavy atom. The van der Waals surface area contributed by atoms with Crippen LogP contribution in [-0.4, -0.2) is 11.8 Å². The second-order valence-corrected chi connectivity index (χ2v) is 7.82. The topological polar surface area (TPSA) is 55.4 Å². The minimum absolute atomic E-state index is 0.128. The number of esters is 1. The first-order chi connectivity index (χ1) is 13.1. The lowest BCUT2D eigenvalue weighted by molar-refractivity contribution is -0.140. The molecule has 0 saturated heterocycles. The average molecular weight is 379 g/mol. The highest BCUT2D eigenvalue weighted by atomic mass is 32.1. The van der Waals surface area contributed by atoms with Crippen molar-refractivity contribution in [1.29, 1.82) is 0 Å². The van der Waals surface area contributed by atoms with Gasteiger partial charge in [-0.2, -0.15) is 0 Å². The SMILES string of the molecule is CC1=C(C(=O)OCc2ccccc2)[C@H](c2cccs2)C2=C(CCCC2=O)N1. The molecule has 0 bridgehead atoms. The maximum absolute atomic E-state index is 13.0. The Balaban J connectivity index is 1.67. The number of ether oxygens (including phenoxy) is 1. The van der Waals surface area contributed by atoms with Gasteiger partial charge in [-0.15, -0.1) is 11.3 Å². The molecule has 1 aliphatic carbocycles. The summed E-state index contributed by atoms with van der Waals surface area (Å²) in [4.78, 5) is 26.7. The van der Waals surface area contributed by atoms with Crippen molar-refractivity contribution in [2.24, 2.45) is 0 Å². The van der Waals surface area contributed by atoms with Gasteiger partial charge in [-0.05, 0) is 36.8 Å². The zero-order valence-electron chi connectivity index (χ0n) is 15.2. The minimum atomic E-state index is -0.368. The molecule has 0 unspecified atom stereocenters. The van der Waals surface area contributed by atoms with Gasteiger partial charge in [0.05, 0.1) is 11.5 Å². The number of thiophene rings is 1. The van der Waals surface area contributed by atoms with Crippen LogP contribution in [0.2, 0.25) is 0 Å². The highest BCUT2D eigenvalue weighted by Gasteiger charge is 2.39. The molecule has 1 aromatic heterocycles. The smallest absolute Gasteiger partial charge is 0.337 e. The fraction of sp³-hybridized carbons (Fsp3) is 0.273. The number of carbonyl (C=O) groups is 2. The van der Waals surface area contributed by atoms with Gasteiger partial charge in [-0.25, -0.2) is 4.79 Å². The number of nitrogens with one attached hydrogen (secondary N) is 1. The van der Waals surface area contributed by atoms with Crippen LogP contribution in [0.4, 0.5) is 0 Å². The molecule has 27 heavy (non-hydrogen) atoms. The summed E-state index contributed by atoms with van der Waals surface area (Å²) in [6.07, 6.45) is 2.23. The van der Waals surface area contributed by atoms with Gasteiger partial charge in [0.1, 0.15) is 6.61 Å². The van der Waals surface area contributed by atoms with Gasteiger partial charge in [-0.1, -0.05) is 36.4 Å². The van der Waals surface area contributed by atoms with Crippen LogP contribution in [0.1, 0.15) is 42.5 Å². The van der Waals surface area contributed by atoms with E-state index in [4.69, 9.17) is 4.74 Å². The molecule has 0 spiro atoms. The molecule has 0 amide bonds. The van der Waals surface area contributed by atoms with E-state index in [0.29, 0.717) is 12.0 Å². The number of hydrogen-bond acceptors (Lipinski definition) is 5. The zero-order valence-corrected chi connectivity index (χ0v) is 16.0. The molecule has 4 nitrogen and oxygen atoms in total. The van der Waals surface area contributed by atoms with E-state index in [9.17, 15) is 9.59 Å². The first-order valence-corrected chi connectivity index (χ1v) is 10.0. The van der Waals surface area contributed by atoms with Gasteiger partial charge < -0.3 is 10.1 Å². The molecule has 1 N–H and O–H groups in total. The summed E-state index contributed by atoms with van der Waals surface area (Å²) in [7, 11) is 0. The van der Waals surface area contributed by atoms with Crippen molar-refractivity contribution < 1.29 is 14.3 Å². The van der Waals surface area contributed by atoms with Gasteiger partial charge >= 0.3 is 5.97 Å². The van der Waals surface area contributed by atoms with Crippen molar-refractivity contribution in [3.63, 3.8) is 0 Å². The van der Waals surface area contributed by atoms with Crippen molar-refractivity contribution in [2.45, 2.75) is 38.7 Å². The van der Waals surface area contributed by atoms with Gasteiger partial charge in [0.2, 0.25) is 0 Å². The van der Waals surface area contributed by atoms with Crippen molar-refractivity contribution in [1.82, 2.24) is 5.32 Å². The number of rotatable bonds is 4. The van der Waals surface area contributed by atoms with Crippen LogP contribution in [0, 0.1) is 0 Å². The van der Waals surface area contributed by atoms with Gasteiger partial charge in [0.15, 0.2) is 5.78 Å². The highest BCUT2D eigenvalue weighted by Crippen LogP contribution is 2.43. The lowest BCUT2D eigenvalue weighted by Gasteiger charge is -2.33. The molecule has 5 heteroatoms. The van der Waals surface area contributed by atoms with Crippen LogP contribution < -0.4 is 5.32 Å². The van der Waals surface area contributed by atoms with E-state index >= 15 is 0 Å². The number of ketones is 1. The Kier molecular flexibility index (Phi) is 4.94. The van der Waals surface area contributed by atoms with E-state index in [1.807, 2.05) is 54.8 Å². The molecule has 0 fully saturated rings. The molecule has 138 valence electrons. The predicted molar refractivity (Wildman–Crippen MR) is 105 cm³/mol. The summed E-state index contributed by atoms with van der Waals surface area (Å²) in [5.41, 5.74) is 3.96. The number of Topliss-reactive ketones (excluding diaryl/α,β-unsaturated/α-hetero) is 1. The summed E-state index contributed by atoms with van der Waals surface area (Å²) >= 11 is 1.57. The Morgan fingerprint density at radius 2 is 2.00 bits per heavy atom. The van der Waals surface area contributed by atoms with E-state index in [-0.39, 0.29) is 24.3 Å². The fourth-order valence-electron chi connectivity index (χ4n) is 3.79. The van der Waals surface area contributed by atoms with Crippen molar-refractivity contribution in [2.75, 3.05) is 0 Å². The largest absolute Gasteiger partial charge is 0.457 e. The molecule has 0 radical (unpaired) electrons. The first kappa shape index (κ1) is 17.7. The minimum Gasteiger partial charge on any atom is -0.457 e. The Hall–Kier alpha value is -2.66. The molecule has 1 aliphatic heterocycles. The van der Waals surface area contributed by atoms with Crippen LogP contribution in [-0.2, 0) is 20.9 Å². The zero-order chi connectivity index (χ0) is 18.8. The third kappa shape index (κ3) is 3.47. The molecule has 2 aliphatic rings. The summed E-state index contributed by atoms with van der Waals surface area (Å²) < 4.78 is 5.62. The number of dihydropyridines is 1. The number of benzene rings is 1. The van der Waals surface area contributed by atoms with E-state index in [0.717, 1.165) is 40.2 Å². The lowest BCUT2D eigenvalue weighted by atomic mass is 9.78. The van der Waals surface area contributed by atoms with Crippen LogP contribution >= 0.6 is 11.3 Å².